The van der Waals surface area contributed by atoms with Crippen LogP contribution in [0.2, 0.25) is 0 Å². The van der Waals surface area contributed by atoms with Crippen molar-refractivity contribution >= 4 is 23.1 Å². The monoisotopic (exact) mass is 284 g/mol. The lowest BCUT2D eigenvalue weighted by molar-refractivity contribution is 0.281. The largest absolute Gasteiger partial charge is 0.315 e. The van der Waals surface area contributed by atoms with Gasteiger partial charge in [0.2, 0.25) is 0 Å². The van der Waals surface area contributed by atoms with Crippen molar-refractivity contribution in [3.05, 3.63) is 22.4 Å². The van der Waals surface area contributed by atoms with Gasteiger partial charge in [-0.1, -0.05) is 6.92 Å². The number of nitrogens with one attached hydrogen (secondary N) is 1. The molecule has 102 valence electrons. The zero-order chi connectivity index (χ0) is 12.6. The van der Waals surface area contributed by atoms with E-state index in [0.717, 1.165) is 24.8 Å². The molecule has 2 rings (SSSR count). The van der Waals surface area contributed by atoms with Crippen LogP contribution in [0.4, 0.5) is 0 Å². The predicted molar refractivity (Wildman–Crippen MR) is 83.9 cm³/mol. The van der Waals surface area contributed by atoms with Gasteiger partial charge in [0.15, 0.2) is 0 Å². The third kappa shape index (κ3) is 4.92. The molecule has 1 atom stereocenters. The first-order valence-electron chi connectivity index (χ1n) is 6.94. The summed E-state index contributed by atoms with van der Waals surface area (Å²) in [6.45, 7) is 8.31. The second-order valence-corrected chi connectivity index (χ2v) is 7.02. The van der Waals surface area contributed by atoms with Gasteiger partial charge in [-0.3, -0.25) is 0 Å². The molecule has 0 saturated carbocycles. The normalized spacial score (nSPS) is 21.3. The minimum Gasteiger partial charge on any atom is -0.315 e. The van der Waals surface area contributed by atoms with Gasteiger partial charge in [0.1, 0.15) is 0 Å². The van der Waals surface area contributed by atoms with Crippen molar-refractivity contribution in [3.63, 3.8) is 0 Å². The van der Waals surface area contributed by atoms with E-state index >= 15 is 0 Å². The molecule has 0 bridgehead atoms. The van der Waals surface area contributed by atoms with Crippen LogP contribution in [0.5, 0.6) is 0 Å². The first-order valence-corrected chi connectivity index (χ1v) is 8.93. The average Bonchev–Trinajstić information content (AvgIpc) is 2.92. The lowest BCUT2D eigenvalue weighted by atomic mass is 10.2. The highest BCUT2D eigenvalue weighted by molar-refractivity contribution is 8.00. The second-order valence-electron chi connectivity index (χ2n) is 4.83. The maximum Gasteiger partial charge on any atom is 0.0172 e. The van der Waals surface area contributed by atoms with E-state index in [-0.39, 0.29) is 0 Å². The second kappa shape index (κ2) is 8.20. The Kier molecular flexibility index (Phi) is 6.55. The topological polar surface area (TPSA) is 15.3 Å². The molecule has 1 N–H and O–H groups in total. The fraction of sp³-hybridized carbons (Fsp3) is 0.714. The van der Waals surface area contributed by atoms with Crippen LogP contribution in [0.3, 0.4) is 0 Å². The first kappa shape index (κ1) is 14.4. The fourth-order valence-corrected chi connectivity index (χ4v) is 4.21. The van der Waals surface area contributed by atoms with E-state index in [9.17, 15) is 0 Å². The van der Waals surface area contributed by atoms with Crippen molar-refractivity contribution in [3.8, 4) is 0 Å². The van der Waals surface area contributed by atoms with Gasteiger partial charge >= 0.3 is 0 Å². The summed E-state index contributed by atoms with van der Waals surface area (Å²) in [5.74, 6) is 1.31. The summed E-state index contributed by atoms with van der Waals surface area (Å²) in [4.78, 5) is 2.61. The SMILES string of the molecule is CCC1CN(CCNCCc2ccsc2)CCS1. The Labute approximate surface area is 119 Å². The highest BCUT2D eigenvalue weighted by Crippen LogP contribution is 2.20. The maximum absolute atomic E-state index is 3.56. The van der Waals surface area contributed by atoms with Crippen LogP contribution in [0.1, 0.15) is 18.9 Å². The smallest absolute Gasteiger partial charge is 0.0172 e. The highest BCUT2D eigenvalue weighted by atomic mass is 32.2. The molecule has 0 aliphatic carbocycles. The van der Waals surface area contributed by atoms with E-state index < -0.39 is 0 Å². The minimum absolute atomic E-state index is 0.865. The van der Waals surface area contributed by atoms with Crippen LogP contribution in [0, 0.1) is 0 Å². The molecule has 0 amide bonds. The Morgan fingerprint density at radius 1 is 1.44 bits per heavy atom. The average molecular weight is 284 g/mol. The van der Waals surface area contributed by atoms with E-state index in [0.29, 0.717) is 0 Å². The van der Waals surface area contributed by atoms with Crippen molar-refractivity contribution in [2.45, 2.75) is 25.0 Å². The molecular weight excluding hydrogens is 260 g/mol. The number of rotatable bonds is 7. The third-order valence-corrected chi connectivity index (χ3v) is 5.56. The van der Waals surface area contributed by atoms with Gasteiger partial charge in [0, 0.05) is 37.2 Å². The molecule has 1 aliphatic heterocycles. The van der Waals surface area contributed by atoms with Crippen LogP contribution in [0.25, 0.3) is 0 Å². The summed E-state index contributed by atoms with van der Waals surface area (Å²) in [5.41, 5.74) is 1.47. The molecule has 2 heterocycles. The van der Waals surface area contributed by atoms with Crippen molar-refractivity contribution < 1.29 is 0 Å². The van der Waals surface area contributed by atoms with Crippen LogP contribution in [-0.2, 0) is 6.42 Å². The number of nitrogens with zero attached hydrogens (tertiary/aromatic N) is 1. The van der Waals surface area contributed by atoms with Crippen molar-refractivity contribution in [2.75, 3.05) is 38.5 Å². The van der Waals surface area contributed by atoms with Gasteiger partial charge in [0.25, 0.3) is 0 Å². The van der Waals surface area contributed by atoms with E-state index in [1.165, 1.54) is 37.4 Å². The fourth-order valence-electron chi connectivity index (χ4n) is 2.26. The van der Waals surface area contributed by atoms with Gasteiger partial charge in [0.05, 0.1) is 0 Å². The van der Waals surface area contributed by atoms with E-state index in [4.69, 9.17) is 0 Å². The van der Waals surface area contributed by atoms with Gasteiger partial charge < -0.3 is 10.2 Å². The van der Waals surface area contributed by atoms with Gasteiger partial charge in [-0.05, 0) is 41.8 Å². The van der Waals surface area contributed by atoms with Crippen molar-refractivity contribution in [1.82, 2.24) is 10.2 Å². The molecule has 2 nitrogen and oxygen atoms in total. The summed E-state index contributed by atoms with van der Waals surface area (Å²) in [7, 11) is 0. The van der Waals surface area contributed by atoms with Crippen LogP contribution >= 0.6 is 23.1 Å². The highest BCUT2D eigenvalue weighted by Gasteiger charge is 2.17. The van der Waals surface area contributed by atoms with Crippen molar-refractivity contribution in [2.24, 2.45) is 0 Å². The first-order chi connectivity index (χ1) is 8.88. The summed E-state index contributed by atoms with van der Waals surface area (Å²) in [6.07, 6.45) is 2.48. The Balaban J connectivity index is 1.52. The van der Waals surface area contributed by atoms with E-state index in [2.05, 4.69) is 45.7 Å². The lowest BCUT2D eigenvalue weighted by Crippen LogP contribution is -2.41. The Morgan fingerprint density at radius 3 is 3.17 bits per heavy atom. The minimum atomic E-state index is 0.865. The molecule has 18 heavy (non-hydrogen) atoms. The van der Waals surface area contributed by atoms with Crippen molar-refractivity contribution in [1.29, 1.82) is 0 Å². The van der Waals surface area contributed by atoms with E-state index in [1.807, 2.05) is 0 Å². The standard InChI is InChI=1S/C14H24N2S2/c1-2-14-11-16(8-10-18-14)7-6-15-5-3-13-4-9-17-12-13/h4,9,12,14-15H,2-3,5-8,10-11H2,1H3. The third-order valence-electron chi connectivity index (χ3n) is 3.45. The molecule has 1 unspecified atom stereocenters. The molecule has 0 aromatic carbocycles. The molecule has 1 aliphatic rings. The predicted octanol–water partition coefficient (Wildman–Crippen LogP) is 2.71. The van der Waals surface area contributed by atoms with Gasteiger partial charge in [-0.15, -0.1) is 0 Å². The number of thioether (sulfide) groups is 1. The van der Waals surface area contributed by atoms with Crippen LogP contribution in [-0.4, -0.2) is 48.6 Å². The zero-order valence-electron chi connectivity index (χ0n) is 11.2. The molecule has 1 saturated heterocycles. The quantitative estimate of drug-likeness (QED) is 0.775. The molecule has 1 aromatic rings. The Morgan fingerprint density at radius 2 is 2.39 bits per heavy atom. The lowest BCUT2D eigenvalue weighted by Gasteiger charge is -2.31. The Hall–Kier alpha value is -0.0300. The molecule has 1 fully saturated rings. The molecule has 0 radical (unpaired) electrons. The summed E-state index contributed by atoms with van der Waals surface area (Å²) in [5, 5.41) is 8.83. The van der Waals surface area contributed by atoms with Crippen LogP contribution < -0.4 is 5.32 Å². The maximum atomic E-state index is 3.56. The van der Waals surface area contributed by atoms with Gasteiger partial charge in [-0.2, -0.15) is 23.1 Å². The van der Waals surface area contributed by atoms with Crippen LogP contribution in [0.15, 0.2) is 16.8 Å². The molecule has 1 aromatic heterocycles. The summed E-state index contributed by atoms with van der Waals surface area (Å²) in [6, 6.07) is 2.22. The Bertz CT molecular complexity index is 314. The molecular formula is C14H24N2S2. The number of hydrogen-bond acceptors (Lipinski definition) is 4. The molecule has 4 heteroatoms. The number of thiophene rings is 1. The number of hydrogen-bond donors (Lipinski definition) is 1. The molecule has 0 spiro atoms. The summed E-state index contributed by atoms with van der Waals surface area (Å²) >= 11 is 3.94. The van der Waals surface area contributed by atoms with E-state index in [1.54, 1.807) is 11.3 Å². The summed E-state index contributed by atoms with van der Waals surface area (Å²) < 4.78 is 0. The zero-order valence-corrected chi connectivity index (χ0v) is 12.9. The van der Waals surface area contributed by atoms with Gasteiger partial charge in [-0.25, -0.2) is 0 Å².